The molecule has 20 heavy (non-hydrogen) atoms. The zero-order valence-corrected chi connectivity index (χ0v) is 12.0. The van der Waals surface area contributed by atoms with E-state index in [1.165, 1.54) is 4.90 Å². The van der Waals surface area contributed by atoms with Crippen LogP contribution in [0.25, 0.3) is 0 Å². The molecule has 0 saturated heterocycles. The highest BCUT2D eigenvalue weighted by atomic mass is 16.6. The van der Waals surface area contributed by atoms with Crippen LogP contribution in [0.15, 0.2) is 4.99 Å². The van der Waals surface area contributed by atoms with Crippen LogP contribution in [-0.4, -0.2) is 65.7 Å². The molecule has 1 heterocycles. The first kappa shape index (κ1) is 16.2. The van der Waals surface area contributed by atoms with E-state index < -0.39 is 23.7 Å². The van der Waals surface area contributed by atoms with Crippen molar-refractivity contribution in [2.24, 2.45) is 10.7 Å². The van der Waals surface area contributed by atoms with Crippen molar-refractivity contribution < 1.29 is 19.4 Å². The number of aliphatic hydroxyl groups is 1. The molecule has 2 amide bonds. The van der Waals surface area contributed by atoms with Gasteiger partial charge in [-0.2, -0.15) is 0 Å². The molecule has 4 N–H and O–H groups in total. The van der Waals surface area contributed by atoms with Crippen molar-refractivity contribution in [1.29, 1.82) is 0 Å². The molecule has 1 unspecified atom stereocenters. The normalized spacial score (nSPS) is 17.2. The van der Waals surface area contributed by atoms with Crippen LogP contribution in [0, 0.1) is 0 Å². The SMILES string of the molecule is CC(C)(C)OC(=O)N1CCN=C(NCC(O)C(N)=O)C1. The zero-order valence-electron chi connectivity index (χ0n) is 12.0. The van der Waals surface area contributed by atoms with Gasteiger partial charge < -0.3 is 20.9 Å². The van der Waals surface area contributed by atoms with E-state index in [0.29, 0.717) is 18.9 Å². The Morgan fingerprint density at radius 2 is 2.20 bits per heavy atom. The van der Waals surface area contributed by atoms with E-state index in [2.05, 4.69) is 10.3 Å². The van der Waals surface area contributed by atoms with Crippen LogP contribution < -0.4 is 11.1 Å². The number of carbonyl (C=O) groups excluding carboxylic acids is 2. The molecule has 0 aromatic carbocycles. The van der Waals surface area contributed by atoms with Crippen LogP contribution in [0.4, 0.5) is 4.79 Å². The Morgan fingerprint density at radius 1 is 1.55 bits per heavy atom. The molecule has 0 aliphatic carbocycles. The topological polar surface area (TPSA) is 117 Å². The van der Waals surface area contributed by atoms with E-state index >= 15 is 0 Å². The third-order valence-electron chi connectivity index (χ3n) is 2.49. The second-order valence-corrected chi connectivity index (χ2v) is 5.53. The van der Waals surface area contributed by atoms with Gasteiger partial charge in [-0.25, -0.2) is 4.79 Å². The highest BCUT2D eigenvalue weighted by Gasteiger charge is 2.25. The fraction of sp³-hybridized carbons (Fsp3) is 0.750. The molecule has 0 aromatic heterocycles. The number of nitrogens with one attached hydrogen (secondary N) is 1. The van der Waals surface area contributed by atoms with Crippen LogP contribution >= 0.6 is 0 Å². The predicted octanol–water partition coefficient (Wildman–Crippen LogP) is -0.929. The molecule has 1 rings (SSSR count). The number of nitrogens with zero attached hydrogens (tertiary/aromatic N) is 2. The first-order valence-corrected chi connectivity index (χ1v) is 6.41. The average molecular weight is 286 g/mol. The second-order valence-electron chi connectivity index (χ2n) is 5.53. The summed E-state index contributed by atoms with van der Waals surface area (Å²) in [5, 5.41) is 12.1. The summed E-state index contributed by atoms with van der Waals surface area (Å²) < 4.78 is 5.27. The number of aliphatic hydroxyl groups excluding tert-OH is 1. The van der Waals surface area contributed by atoms with Crippen molar-refractivity contribution in [2.75, 3.05) is 26.2 Å². The molecule has 114 valence electrons. The molecule has 8 nitrogen and oxygen atoms in total. The van der Waals surface area contributed by atoms with Crippen LogP contribution in [-0.2, 0) is 9.53 Å². The molecule has 0 radical (unpaired) electrons. The number of aliphatic imine (C=N–C) groups is 1. The Labute approximate surface area is 118 Å². The van der Waals surface area contributed by atoms with Gasteiger partial charge in [0.25, 0.3) is 0 Å². The summed E-state index contributed by atoms with van der Waals surface area (Å²) in [6.45, 7) is 6.52. The van der Waals surface area contributed by atoms with Gasteiger partial charge in [-0.05, 0) is 20.8 Å². The van der Waals surface area contributed by atoms with Crippen LogP contribution in [0.3, 0.4) is 0 Å². The number of hydrogen-bond donors (Lipinski definition) is 3. The molecule has 0 spiro atoms. The van der Waals surface area contributed by atoms with Crippen molar-refractivity contribution in [3.8, 4) is 0 Å². The fourth-order valence-corrected chi connectivity index (χ4v) is 1.52. The van der Waals surface area contributed by atoms with E-state index in [-0.39, 0.29) is 13.1 Å². The number of rotatable bonds is 3. The highest BCUT2D eigenvalue weighted by Crippen LogP contribution is 2.10. The van der Waals surface area contributed by atoms with Gasteiger partial charge in [0.15, 0.2) is 0 Å². The van der Waals surface area contributed by atoms with E-state index in [1.54, 1.807) is 20.8 Å². The summed E-state index contributed by atoms with van der Waals surface area (Å²) in [4.78, 5) is 28.3. The van der Waals surface area contributed by atoms with E-state index in [1.807, 2.05) is 0 Å². The first-order valence-electron chi connectivity index (χ1n) is 6.41. The Morgan fingerprint density at radius 3 is 2.75 bits per heavy atom. The quantitative estimate of drug-likeness (QED) is 0.619. The number of ether oxygens (including phenoxy) is 1. The minimum absolute atomic E-state index is 0.0314. The second kappa shape index (κ2) is 6.56. The molecule has 1 aliphatic heterocycles. The number of amidine groups is 1. The summed E-state index contributed by atoms with van der Waals surface area (Å²) in [5.41, 5.74) is 4.39. The predicted molar refractivity (Wildman–Crippen MR) is 73.3 cm³/mol. The summed E-state index contributed by atoms with van der Waals surface area (Å²) >= 11 is 0. The molecule has 1 aliphatic rings. The van der Waals surface area contributed by atoms with Crippen molar-refractivity contribution in [1.82, 2.24) is 10.2 Å². The number of nitrogens with two attached hydrogens (primary N) is 1. The molecule has 0 saturated carbocycles. The lowest BCUT2D eigenvalue weighted by molar-refractivity contribution is -0.125. The zero-order chi connectivity index (χ0) is 15.3. The van der Waals surface area contributed by atoms with Crippen molar-refractivity contribution in [3.63, 3.8) is 0 Å². The molecule has 0 aromatic rings. The third kappa shape index (κ3) is 5.43. The number of carbonyl (C=O) groups is 2. The Hall–Kier alpha value is -1.83. The number of hydrogen-bond acceptors (Lipinski definition) is 6. The summed E-state index contributed by atoms with van der Waals surface area (Å²) in [5.74, 6) is -0.291. The highest BCUT2D eigenvalue weighted by molar-refractivity contribution is 5.88. The molecular weight excluding hydrogens is 264 g/mol. The Balaban J connectivity index is 2.48. The summed E-state index contributed by atoms with van der Waals surface area (Å²) in [6.07, 6.45) is -1.70. The fourth-order valence-electron chi connectivity index (χ4n) is 1.52. The van der Waals surface area contributed by atoms with E-state index in [9.17, 15) is 14.7 Å². The van der Waals surface area contributed by atoms with Crippen molar-refractivity contribution in [2.45, 2.75) is 32.5 Å². The Kier molecular flexibility index (Phi) is 5.32. The van der Waals surface area contributed by atoms with Gasteiger partial charge in [0.05, 0.1) is 19.6 Å². The molecular formula is C12H22N4O4. The largest absolute Gasteiger partial charge is 0.444 e. The van der Waals surface area contributed by atoms with E-state index in [4.69, 9.17) is 10.5 Å². The lowest BCUT2D eigenvalue weighted by atomic mass is 10.2. The molecule has 1 atom stereocenters. The summed E-state index contributed by atoms with van der Waals surface area (Å²) in [7, 11) is 0. The van der Waals surface area contributed by atoms with Crippen LogP contribution in [0.1, 0.15) is 20.8 Å². The monoisotopic (exact) mass is 286 g/mol. The van der Waals surface area contributed by atoms with Gasteiger partial charge in [-0.15, -0.1) is 0 Å². The maximum Gasteiger partial charge on any atom is 0.410 e. The van der Waals surface area contributed by atoms with Gasteiger partial charge in [0.2, 0.25) is 5.91 Å². The maximum absolute atomic E-state index is 11.9. The number of amides is 2. The van der Waals surface area contributed by atoms with Gasteiger partial charge in [0.1, 0.15) is 17.5 Å². The minimum Gasteiger partial charge on any atom is -0.444 e. The van der Waals surface area contributed by atoms with Gasteiger partial charge in [-0.3, -0.25) is 14.7 Å². The Bertz CT molecular complexity index is 403. The van der Waals surface area contributed by atoms with Crippen LogP contribution in [0.2, 0.25) is 0 Å². The minimum atomic E-state index is -1.28. The summed E-state index contributed by atoms with van der Waals surface area (Å²) in [6, 6.07) is 0. The van der Waals surface area contributed by atoms with Crippen molar-refractivity contribution >= 4 is 17.8 Å². The van der Waals surface area contributed by atoms with Gasteiger partial charge >= 0.3 is 6.09 Å². The lowest BCUT2D eigenvalue weighted by Gasteiger charge is -2.30. The van der Waals surface area contributed by atoms with Crippen LogP contribution in [0.5, 0.6) is 0 Å². The third-order valence-corrected chi connectivity index (χ3v) is 2.49. The first-order chi connectivity index (χ1) is 9.19. The molecule has 0 fully saturated rings. The standard InChI is InChI=1S/C12H22N4O4/c1-12(2,3)20-11(19)16-5-4-14-9(7-16)15-6-8(17)10(13)18/h8,17H,4-7H2,1-3H3,(H2,13,18)(H,14,15). The smallest absolute Gasteiger partial charge is 0.410 e. The lowest BCUT2D eigenvalue weighted by Crippen LogP contribution is -2.49. The average Bonchev–Trinajstić information content (AvgIpc) is 2.34. The molecule has 8 heteroatoms. The van der Waals surface area contributed by atoms with E-state index in [0.717, 1.165) is 0 Å². The van der Waals surface area contributed by atoms with Crippen molar-refractivity contribution in [3.05, 3.63) is 0 Å². The maximum atomic E-state index is 11.9. The van der Waals surface area contributed by atoms with Gasteiger partial charge in [0, 0.05) is 6.54 Å². The molecule has 0 bridgehead atoms. The van der Waals surface area contributed by atoms with Gasteiger partial charge in [-0.1, -0.05) is 0 Å². The number of primary amides is 1.